The average Bonchev–Trinajstić information content (AvgIpc) is 3.40. The molecule has 4 atom stereocenters. The quantitative estimate of drug-likeness (QED) is 0.351. The number of sulfonamides is 1. The smallest absolute Gasteiger partial charge is 0.317 e. The number of likely N-dealkylation sites (N-methyl/N-ethyl adjacent to an activating group) is 1. The standard InChI is InChI=1S/C34H53N5O8S/c1-22-19-39(23(2)21-40)33(41)29-18-28(37-48(43,44)32-25(4)36-47-26(32)5)15-16-30(29)46-24(3)12-10-11-17-45-31(22)20-38(6)34(42)35-27-13-8-7-9-14-27/h15-16,18,22-24,27,31,37,40H,7-14,17,19-21H2,1-6H3,(H,35,42)/t22-,23-,24-,31-/m1/s1. The summed E-state index contributed by atoms with van der Waals surface area (Å²) >= 11 is 0. The minimum absolute atomic E-state index is 0.0634. The molecule has 48 heavy (non-hydrogen) atoms. The fraction of sp³-hybridized carbons (Fsp3) is 0.676. The van der Waals surface area contributed by atoms with Crippen molar-refractivity contribution >= 4 is 27.6 Å². The normalized spacial score (nSPS) is 22.6. The van der Waals surface area contributed by atoms with Crippen molar-refractivity contribution in [1.29, 1.82) is 0 Å². The van der Waals surface area contributed by atoms with Crippen LogP contribution in [0.2, 0.25) is 0 Å². The summed E-state index contributed by atoms with van der Waals surface area (Å²) < 4.78 is 46.9. The van der Waals surface area contributed by atoms with Gasteiger partial charge in [-0.25, -0.2) is 13.2 Å². The number of aliphatic hydroxyl groups excluding tert-OH is 1. The highest BCUT2D eigenvalue weighted by Gasteiger charge is 2.32. The molecule has 2 heterocycles. The van der Waals surface area contributed by atoms with E-state index in [9.17, 15) is 23.1 Å². The van der Waals surface area contributed by atoms with E-state index in [1.165, 1.54) is 19.4 Å². The van der Waals surface area contributed by atoms with Crippen molar-refractivity contribution < 1.29 is 37.1 Å². The molecule has 3 N–H and O–H groups in total. The van der Waals surface area contributed by atoms with E-state index in [1.807, 2.05) is 13.8 Å². The second-order valence-electron chi connectivity index (χ2n) is 13.4. The number of carbonyl (C=O) groups is 2. The summed E-state index contributed by atoms with van der Waals surface area (Å²) in [6, 6.07) is 4.08. The molecule has 0 bridgehead atoms. The molecule has 3 amide bonds. The lowest BCUT2D eigenvalue weighted by atomic mass is 9.96. The predicted octanol–water partition coefficient (Wildman–Crippen LogP) is 4.86. The number of rotatable bonds is 8. The van der Waals surface area contributed by atoms with Crippen molar-refractivity contribution in [2.45, 2.75) is 115 Å². The summed E-state index contributed by atoms with van der Waals surface area (Å²) in [6.07, 6.45) is 7.11. The van der Waals surface area contributed by atoms with Gasteiger partial charge in [0.25, 0.3) is 15.9 Å². The molecule has 1 aromatic heterocycles. The number of aryl methyl sites for hydroxylation is 2. The van der Waals surface area contributed by atoms with Crippen LogP contribution in [0.1, 0.15) is 93.9 Å². The highest BCUT2D eigenvalue weighted by molar-refractivity contribution is 7.92. The van der Waals surface area contributed by atoms with Gasteiger partial charge in [-0.2, -0.15) is 0 Å². The van der Waals surface area contributed by atoms with E-state index in [4.69, 9.17) is 14.0 Å². The molecular weight excluding hydrogens is 638 g/mol. The number of nitrogens with zero attached hydrogens (tertiary/aromatic N) is 3. The number of aromatic nitrogens is 1. The highest BCUT2D eigenvalue weighted by Crippen LogP contribution is 2.30. The van der Waals surface area contributed by atoms with E-state index in [2.05, 4.69) is 15.2 Å². The van der Waals surface area contributed by atoms with Crippen LogP contribution in [0.15, 0.2) is 27.6 Å². The Balaban J connectivity index is 1.62. The molecule has 0 unspecified atom stereocenters. The van der Waals surface area contributed by atoms with Gasteiger partial charge in [0.05, 0.1) is 30.4 Å². The molecule has 0 spiro atoms. The number of benzene rings is 1. The van der Waals surface area contributed by atoms with Crippen molar-refractivity contribution in [2.24, 2.45) is 5.92 Å². The second kappa shape index (κ2) is 16.8. The molecule has 0 saturated heterocycles. The average molecular weight is 692 g/mol. The molecule has 1 fully saturated rings. The Kier molecular flexibility index (Phi) is 13.1. The number of fused-ring (bicyclic) bond motifs is 1. The zero-order chi connectivity index (χ0) is 35.0. The summed E-state index contributed by atoms with van der Waals surface area (Å²) in [5.41, 5.74) is 0.542. The molecule has 1 aliphatic carbocycles. The Bertz CT molecular complexity index is 1470. The minimum atomic E-state index is -4.08. The van der Waals surface area contributed by atoms with Gasteiger partial charge >= 0.3 is 6.03 Å². The SMILES string of the molecule is Cc1noc(C)c1S(=O)(=O)Nc1ccc2c(c1)C(=O)N([C@H](C)CO)C[C@@H](C)[C@@H](CN(C)C(=O)NC1CCCCC1)OCCCC[C@@H](C)O2. The Labute approximate surface area is 284 Å². The van der Waals surface area contributed by atoms with Gasteiger partial charge < -0.3 is 34.2 Å². The van der Waals surface area contributed by atoms with E-state index in [0.717, 1.165) is 38.5 Å². The molecule has 1 saturated carbocycles. The highest BCUT2D eigenvalue weighted by atomic mass is 32.2. The van der Waals surface area contributed by atoms with Crippen molar-refractivity contribution in [3.63, 3.8) is 0 Å². The summed E-state index contributed by atoms with van der Waals surface area (Å²) in [6.45, 7) is 9.46. The number of hydrogen-bond donors (Lipinski definition) is 3. The van der Waals surface area contributed by atoms with Crippen LogP contribution in [-0.2, 0) is 14.8 Å². The minimum Gasteiger partial charge on any atom is -0.490 e. The lowest BCUT2D eigenvalue weighted by Gasteiger charge is -2.36. The third-order valence-electron chi connectivity index (χ3n) is 9.27. The Morgan fingerprint density at radius 1 is 1.12 bits per heavy atom. The Morgan fingerprint density at radius 3 is 2.50 bits per heavy atom. The number of anilines is 1. The van der Waals surface area contributed by atoms with Crippen LogP contribution in [0.25, 0.3) is 0 Å². The van der Waals surface area contributed by atoms with Crippen LogP contribution in [0.3, 0.4) is 0 Å². The third-order valence-corrected chi connectivity index (χ3v) is 10.9. The summed E-state index contributed by atoms with van der Waals surface area (Å²) in [4.78, 5) is 30.7. The van der Waals surface area contributed by atoms with Gasteiger partial charge in [0.15, 0.2) is 10.7 Å². The van der Waals surface area contributed by atoms with Crippen LogP contribution >= 0.6 is 0 Å². The first-order valence-electron chi connectivity index (χ1n) is 17.1. The summed E-state index contributed by atoms with van der Waals surface area (Å²) in [5, 5.41) is 17.2. The maximum absolute atomic E-state index is 14.4. The monoisotopic (exact) mass is 691 g/mol. The van der Waals surface area contributed by atoms with Gasteiger partial charge in [0.1, 0.15) is 11.4 Å². The molecule has 2 aromatic rings. The van der Waals surface area contributed by atoms with E-state index in [-0.39, 0.29) is 71.0 Å². The van der Waals surface area contributed by atoms with Crippen molar-refractivity contribution in [1.82, 2.24) is 20.3 Å². The predicted molar refractivity (Wildman–Crippen MR) is 182 cm³/mol. The maximum Gasteiger partial charge on any atom is 0.317 e. The lowest BCUT2D eigenvalue weighted by molar-refractivity contribution is -0.0123. The summed E-state index contributed by atoms with van der Waals surface area (Å²) in [5.74, 6) is -0.180. The van der Waals surface area contributed by atoms with Gasteiger partial charge in [0, 0.05) is 44.4 Å². The first-order valence-corrected chi connectivity index (χ1v) is 18.6. The number of hydrogen-bond acceptors (Lipinski definition) is 9. The van der Waals surface area contributed by atoms with Gasteiger partial charge in [-0.05, 0) is 78.0 Å². The van der Waals surface area contributed by atoms with Crippen molar-refractivity contribution in [3.8, 4) is 5.75 Å². The molecule has 2 aliphatic rings. The van der Waals surface area contributed by atoms with E-state index < -0.39 is 22.0 Å². The molecule has 4 rings (SSSR count). The van der Waals surface area contributed by atoms with Crippen molar-refractivity contribution in [3.05, 3.63) is 35.2 Å². The molecule has 13 nitrogen and oxygen atoms in total. The number of amides is 3. The number of aliphatic hydroxyl groups is 1. The van der Waals surface area contributed by atoms with E-state index in [1.54, 1.807) is 42.8 Å². The van der Waals surface area contributed by atoms with Crippen molar-refractivity contribution in [2.75, 3.05) is 38.1 Å². The first-order chi connectivity index (χ1) is 22.8. The first kappa shape index (κ1) is 37.5. The fourth-order valence-electron chi connectivity index (χ4n) is 6.40. The summed E-state index contributed by atoms with van der Waals surface area (Å²) in [7, 11) is -2.32. The third kappa shape index (κ3) is 9.63. The largest absolute Gasteiger partial charge is 0.490 e. The molecule has 268 valence electrons. The van der Waals surface area contributed by atoms with Crippen LogP contribution in [0, 0.1) is 19.8 Å². The number of ether oxygens (including phenoxy) is 2. The van der Waals surface area contributed by atoms with Gasteiger partial charge in [-0.15, -0.1) is 0 Å². The van der Waals surface area contributed by atoms with E-state index in [0.29, 0.717) is 25.3 Å². The molecular formula is C34H53N5O8S. The molecule has 0 radical (unpaired) electrons. The second-order valence-corrected chi connectivity index (χ2v) is 15.1. The molecule has 1 aromatic carbocycles. The zero-order valence-electron chi connectivity index (χ0n) is 29.2. The number of nitrogens with one attached hydrogen (secondary N) is 2. The number of urea groups is 1. The van der Waals surface area contributed by atoms with Gasteiger partial charge in [-0.1, -0.05) is 31.3 Å². The molecule has 1 aliphatic heterocycles. The van der Waals surface area contributed by atoms with Gasteiger partial charge in [0.2, 0.25) is 0 Å². The number of carbonyl (C=O) groups excluding carboxylic acids is 2. The lowest BCUT2D eigenvalue weighted by Crippen LogP contribution is -2.50. The van der Waals surface area contributed by atoms with Gasteiger partial charge in [-0.3, -0.25) is 9.52 Å². The van der Waals surface area contributed by atoms with E-state index >= 15 is 0 Å². The topological polar surface area (TPSA) is 164 Å². The maximum atomic E-state index is 14.4. The van der Waals surface area contributed by atoms with Crippen LogP contribution in [0.4, 0.5) is 10.5 Å². The zero-order valence-corrected chi connectivity index (χ0v) is 30.0. The Morgan fingerprint density at radius 2 is 1.83 bits per heavy atom. The van der Waals surface area contributed by atoms with Crippen LogP contribution < -0.4 is 14.8 Å². The Hall–Kier alpha value is -3.36. The van der Waals surface area contributed by atoms with Crippen LogP contribution in [-0.4, -0.2) is 98.1 Å². The molecule has 14 heteroatoms. The fourth-order valence-corrected chi connectivity index (χ4v) is 7.78. The van der Waals surface area contributed by atoms with Crippen LogP contribution in [0.5, 0.6) is 5.75 Å².